The molecule has 0 aromatic carbocycles. The highest BCUT2D eigenvalue weighted by atomic mass is 32.2. The van der Waals surface area contributed by atoms with E-state index in [0.717, 1.165) is 18.1 Å². The maximum absolute atomic E-state index is 12.7. The van der Waals surface area contributed by atoms with E-state index < -0.39 is 0 Å². The summed E-state index contributed by atoms with van der Waals surface area (Å²) in [7, 11) is 0. The average Bonchev–Trinajstić information content (AvgIpc) is 3.01. The molecule has 1 aliphatic heterocycles. The lowest BCUT2D eigenvalue weighted by molar-refractivity contribution is -0.134. The van der Waals surface area contributed by atoms with Crippen LogP contribution in [0.15, 0.2) is 10.6 Å². The summed E-state index contributed by atoms with van der Waals surface area (Å²) in [5.41, 5.74) is -0.0331. The molecular formula is C18H28N2O2S. The summed E-state index contributed by atoms with van der Waals surface area (Å²) in [6, 6.07) is 0.463. The lowest BCUT2D eigenvalue weighted by Crippen LogP contribution is -2.51. The number of hydrogen-bond donors (Lipinski definition) is 0. The fraction of sp³-hybridized carbons (Fsp3) is 0.778. The molecule has 0 unspecified atom stereocenters. The summed E-state index contributed by atoms with van der Waals surface area (Å²) in [6.07, 6.45) is 7.95. The lowest BCUT2D eigenvalue weighted by atomic mass is 9.93. The quantitative estimate of drug-likeness (QED) is 0.842. The van der Waals surface area contributed by atoms with Gasteiger partial charge in [-0.25, -0.2) is 4.98 Å². The van der Waals surface area contributed by atoms with Gasteiger partial charge in [0.05, 0.1) is 6.20 Å². The van der Waals surface area contributed by atoms with Gasteiger partial charge >= 0.3 is 0 Å². The molecule has 1 saturated carbocycles. The molecule has 2 fully saturated rings. The number of rotatable bonds is 3. The third-order valence-electron chi connectivity index (χ3n) is 4.90. The zero-order valence-corrected chi connectivity index (χ0v) is 15.3. The van der Waals surface area contributed by atoms with E-state index in [1.165, 1.54) is 25.7 Å². The predicted molar refractivity (Wildman–Crippen MR) is 93.7 cm³/mol. The largest absolute Gasteiger partial charge is 0.445 e. The Morgan fingerprint density at radius 2 is 2.17 bits per heavy atom. The van der Waals surface area contributed by atoms with E-state index in [2.05, 4.69) is 42.4 Å². The summed E-state index contributed by atoms with van der Waals surface area (Å²) in [5.74, 6) is 2.94. The third-order valence-corrected chi connectivity index (χ3v) is 6.29. The van der Waals surface area contributed by atoms with Crippen LogP contribution in [0.25, 0.3) is 0 Å². The van der Waals surface area contributed by atoms with E-state index in [1.807, 2.05) is 0 Å². The number of amides is 1. The van der Waals surface area contributed by atoms with Gasteiger partial charge in [-0.2, -0.15) is 11.8 Å². The van der Waals surface area contributed by atoms with Crippen molar-refractivity contribution >= 4 is 17.7 Å². The van der Waals surface area contributed by atoms with Gasteiger partial charge in [-0.1, -0.05) is 33.6 Å². The molecule has 1 amide bonds. The molecule has 128 valence electrons. The Morgan fingerprint density at radius 3 is 2.91 bits per heavy atom. The van der Waals surface area contributed by atoms with Crippen LogP contribution in [-0.4, -0.2) is 39.4 Å². The van der Waals surface area contributed by atoms with Crippen LogP contribution < -0.4 is 0 Å². The molecule has 1 saturated heterocycles. The number of fused-ring (bicyclic) bond motifs is 1. The highest BCUT2D eigenvalue weighted by Gasteiger charge is 2.36. The maximum atomic E-state index is 12.7. The maximum Gasteiger partial charge on any atom is 0.223 e. The van der Waals surface area contributed by atoms with E-state index in [4.69, 9.17) is 4.42 Å². The molecule has 1 aliphatic carbocycles. The molecule has 0 bridgehead atoms. The Balaban J connectivity index is 1.57. The minimum atomic E-state index is -0.0331. The number of oxazole rings is 1. The molecule has 4 nitrogen and oxygen atoms in total. The number of hydrogen-bond acceptors (Lipinski definition) is 4. The molecule has 0 N–H and O–H groups in total. The van der Waals surface area contributed by atoms with E-state index in [0.29, 0.717) is 30.0 Å². The zero-order valence-electron chi connectivity index (χ0n) is 14.5. The Hall–Kier alpha value is -0.970. The summed E-state index contributed by atoms with van der Waals surface area (Å²) in [6.45, 7) is 7.23. The second-order valence-corrected chi connectivity index (χ2v) is 9.06. The number of aryl methyl sites for hydroxylation is 1. The molecule has 3 rings (SSSR count). The van der Waals surface area contributed by atoms with Crippen molar-refractivity contribution in [3.05, 3.63) is 17.8 Å². The summed E-state index contributed by atoms with van der Waals surface area (Å²) >= 11 is 2.06. The number of carbonyl (C=O) groups excluding carboxylic acids is 1. The number of aromatic nitrogens is 1. The van der Waals surface area contributed by atoms with Gasteiger partial charge in [-0.05, 0) is 12.8 Å². The average molecular weight is 337 g/mol. The van der Waals surface area contributed by atoms with Crippen molar-refractivity contribution < 1.29 is 9.21 Å². The zero-order chi connectivity index (χ0) is 16.4. The Kier molecular flexibility index (Phi) is 5.04. The smallest absolute Gasteiger partial charge is 0.223 e. The van der Waals surface area contributed by atoms with Crippen molar-refractivity contribution in [2.75, 3.05) is 12.3 Å². The van der Waals surface area contributed by atoms with Gasteiger partial charge in [0.15, 0.2) is 5.89 Å². The van der Waals surface area contributed by atoms with Gasteiger partial charge in [0, 0.05) is 41.8 Å². The Morgan fingerprint density at radius 1 is 1.39 bits per heavy atom. The van der Waals surface area contributed by atoms with Gasteiger partial charge in [0.2, 0.25) is 5.91 Å². The van der Waals surface area contributed by atoms with E-state index in [-0.39, 0.29) is 11.3 Å². The van der Waals surface area contributed by atoms with Crippen LogP contribution >= 0.6 is 11.8 Å². The molecule has 0 spiro atoms. The third kappa shape index (κ3) is 3.93. The first kappa shape index (κ1) is 16.9. The molecule has 5 heteroatoms. The summed E-state index contributed by atoms with van der Waals surface area (Å²) in [5, 5.41) is 0.663. The highest BCUT2D eigenvalue weighted by Crippen LogP contribution is 2.35. The van der Waals surface area contributed by atoms with Crippen molar-refractivity contribution in [3.8, 4) is 0 Å². The first-order valence-corrected chi connectivity index (χ1v) is 9.86. The van der Waals surface area contributed by atoms with Crippen molar-refractivity contribution in [3.63, 3.8) is 0 Å². The summed E-state index contributed by atoms with van der Waals surface area (Å²) in [4.78, 5) is 19.2. The first-order chi connectivity index (χ1) is 10.9. The Bertz CT molecular complexity index is 547. The van der Waals surface area contributed by atoms with Gasteiger partial charge in [0.25, 0.3) is 0 Å². The van der Waals surface area contributed by atoms with Crippen molar-refractivity contribution in [1.29, 1.82) is 0 Å². The number of nitrogens with zero attached hydrogens (tertiary/aromatic N) is 2. The van der Waals surface area contributed by atoms with Crippen molar-refractivity contribution in [2.24, 2.45) is 0 Å². The molecule has 0 radical (unpaired) electrons. The SMILES string of the molecule is CC(C)(C)c1cnc(CCC(=O)N2CCS[C@H]3CCCC[C@@H]32)o1. The highest BCUT2D eigenvalue weighted by molar-refractivity contribution is 8.00. The fourth-order valence-corrected chi connectivity index (χ4v) is 4.98. The normalized spacial score (nSPS) is 25.3. The van der Waals surface area contributed by atoms with Crippen LogP contribution in [0, 0.1) is 0 Å². The molecule has 2 heterocycles. The van der Waals surface area contributed by atoms with Crippen LogP contribution in [0.2, 0.25) is 0 Å². The molecule has 1 aromatic rings. The van der Waals surface area contributed by atoms with Gasteiger partial charge < -0.3 is 9.32 Å². The molecule has 1 aromatic heterocycles. The molecular weight excluding hydrogens is 308 g/mol. The topological polar surface area (TPSA) is 46.3 Å². The standard InChI is InChI=1S/C18H28N2O2S/c1-18(2,3)15-12-19-16(22-15)8-9-17(21)20-10-11-23-14-7-5-4-6-13(14)20/h12-14H,4-11H2,1-3H3/t13-,14-/m0/s1. The van der Waals surface area contributed by atoms with E-state index >= 15 is 0 Å². The van der Waals surface area contributed by atoms with E-state index in [1.54, 1.807) is 6.20 Å². The van der Waals surface area contributed by atoms with Gasteiger partial charge in [0.1, 0.15) is 5.76 Å². The van der Waals surface area contributed by atoms with Crippen molar-refractivity contribution in [2.45, 2.75) is 76.0 Å². The van der Waals surface area contributed by atoms with E-state index in [9.17, 15) is 4.79 Å². The minimum Gasteiger partial charge on any atom is -0.445 e. The van der Waals surface area contributed by atoms with Crippen LogP contribution in [0.4, 0.5) is 0 Å². The van der Waals surface area contributed by atoms with Crippen molar-refractivity contribution in [1.82, 2.24) is 9.88 Å². The summed E-state index contributed by atoms with van der Waals surface area (Å²) < 4.78 is 5.81. The molecule has 23 heavy (non-hydrogen) atoms. The second-order valence-electron chi connectivity index (χ2n) is 7.72. The van der Waals surface area contributed by atoms with Crippen LogP contribution in [0.3, 0.4) is 0 Å². The fourth-order valence-electron chi connectivity index (χ4n) is 3.54. The van der Waals surface area contributed by atoms with Gasteiger partial charge in [-0.3, -0.25) is 4.79 Å². The molecule has 2 atom stereocenters. The Labute approximate surface area is 143 Å². The van der Waals surface area contributed by atoms with Gasteiger partial charge in [-0.15, -0.1) is 0 Å². The number of thioether (sulfide) groups is 1. The minimum absolute atomic E-state index is 0.0331. The number of carbonyl (C=O) groups is 1. The van der Waals surface area contributed by atoms with Crippen LogP contribution in [-0.2, 0) is 16.6 Å². The lowest BCUT2D eigenvalue weighted by Gasteiger charge is -2.43. The second kappa shape index (κ2) is 6.88. The van der Waals surface area contributed by atoms with Crippen LogP contribution in [0.5, 0.6) is 0 Å². The first-order valence-electron chi connectivity index (χ1n) is 8.81. The monoisotopic (exact) mass is 336 g/mol. The predicted octanol–water partition coefficient (Wildman–Crippen LogP) is 3.79. The van der Waals surface area contributed by atoms with Crippen LogP contribution in [0.1, 0.15) is 64.5 Å². The molecule has 2 aliphatic rings.